The lowest BCUT2D eigenvalue weighted by atomic mass is 9.74. The first-order valence-electron chi connectivity index (χ1n) is 10.7. The number of hydrogen-bond acceptors (Lipinski definition) is 4. The van der Waals surface area contributed by atoms with Gasteiger partial charge in [-0.25, -0.2) is 13.2 Å². The molecule has 3 aliphatic carbocycles. The summed E-state index contributed by atoms with van der Waals surface area (Å²) < 4.78 is 44.8. The van der Waals surface area contributed by atoms with Crippen molar-refractivity contribution in [1.82, 2.24) is 10.6 Å². The Hall–Kier alpha value is -1.84. The smallest absolute Gasteiger partial charge is 0.226 e. The molecule has 0 heterocycles. The number of rotatable bonds is 5. The van der Waals surface area contributed by atoms with Crippen LogP contribution >= 0.6 is 11.6 Å². The van der Waals surface area contributed by atoms with Gasteiger partial charge in [-0.05, 0) is 56.1 Å². The molecule has 3 aliphatic rings. The summed E-state index contributed by atoms with van der Waals surface area (Å²) in [6.07, 6.45) is -1.71. The molecule has 10 heteroatoms. The summed E-state index contributed by atoms with van der Waals surface area (Å²) >= 11 is 5.89. The average Bonchev–Trinajstić information content (AvgIpc) is 3.35. The molecule has 176 valence electrons. The van der Waals surface area contributed by atoms with E-state index in [0.717, 1.165) is 12.1 Å². The molecule has 6 nitrogen and oxygen atoms in total. The number of halogens is 4. The predicted octanol–water partition coefficient (Wildman–Crippen LogP) is 2.69. The molecule has 0 spiro atoms. The van der Waals surface area contributed by atoms with Crippen LogP contribution in [0.15, 0.2) is 12.1 Å². The maximum atomic E-state index is 15.0. The summed E-state index contributed by atoms with van der Waals surface area (Å²) in [5, 5.41) is 25.4. The minimum atomic E-state index is -1.48. The molecule has 0 unspecified atom stereocenters. The lowest BCUT2D eigenvalue weighted by Crippen LogP contribution is -2.45. The first-order valence-corrected chi connectivity index (χ1v) is 11.1. The molecule has 0 aromatic heterocycles. The van der Waals surface area contributed by atoms with E-state index in [1.165, 1.54) is 6.92 Å². The molecule has 1 aromatic carbocycles. The average molecular weight is 475 g/mol. The van der Waals surface area contributed by atoms with Gasteiger partial charge in [-0.2, -0.15) is 0 Å². The Kier molecular flexibility index (Phi) is 5.96. The molecular formula is C22H26ClF3N2O4. The molecule has 0 saturated heterocycles. The summed E-state index contributed by atoms with van der Waals surface area (Å²) in [5.74, 6) is -4.20. The van der Waals surface area contributed by atoms with E-state index in [-0.39, 0.29) is 30.7 Å². The van der Waals surface area contributed by atoms with Gasteiger partial charge in [-0.15, -0.1) is 0 Å². The number of aliphatic hydroxyl groups is 2. The van der Waals surface area contributed by atoms with Crippen molar-refractivity contribution >= 4 is 23.4 Å². The van der Waals surface area contributed by atoms with E-state index in [1.807, 2.05) is 0 Å². The number of benzene rings is 1. The van der Waals surface area contributed by atoms with E-state index in [0.29, 0.717) is 12.8 Å². The van der Waals surface area contributed by atoms with Crippen LogP contribution in [-0.2, 0) is 9.59 Å². The Morgan fingerprint density at radius 2 is 1.81 bits per heavy atom. The van der Waals surface area contributed by atoms with Gasteiger partial charge in [-0.3, -0.25) is 9.59 Å². The van der Waals surface area contributed by atoms with Gasteiger partial charge in [0.05, 0.1) is 29.1 Å². The highest BCUT2D eigenvalue weighted by atomic mass is 35.5. The maximum Gasteiger partial charge on any atom is 0.226 e. The highest BCUT2D eigenvalue weighted by molar-refractivity contribution is 6.30. The number of hydrogen-bond donors (Lipinski definition) is 4. The second-order valence-corrected chi connectivity index (χ2v) is 9.93. The quantitative estimate of drug-likeness (QED) is 0.493. The van der Waals surface area contributed by atoms with Gasteiger partial charge in [0.1, 0.15) is 23.4 Å². The number of carbonyl (C=O) groups is 2. The highest BCUT2D eigenvalue weighted by Gasteiger charge is 2.60. The molecule has 2 bridgehead atoms. The number of alkyl halides is 1. The Morgan fingerprint density at radius 3 is 2.38 bits per heavy atom. The van der Waals surface area contributed by atoms with Crippen LogP contribution < -0.4 is 10.6 Å². The van der Waals surface area contributed by atoms with Crippen LogP contribution in [-0.4, -0.2) is 45.9 Å². The Bertz CT molecular complexity index is 938. The van der Waals surface area contributed by atoms with E-state index >= 15 is 0 Å². The molecule has 2 amide bonds. The third-order valence-electron chi connectivity index (χ3n) is 7.49. The largest absolute Gasteiger partial charge is 0.390 e. The van der Waals surface area contributed by atoms with Gasteiger partial charge in [0, 0.05) is 12.5 Å². The predicted molar refractivity (Wildman–Crippen MR) is 109 cm³/mol. The van der Waals surface area contributed by atoms with Crippen LogP contribution in [0.5, 0.6) is 0 Å². The summed E-state index contributed by atoms with van der Waals surface area (Å²) in [5.41, 5.74) is -2.76. The highest BCUT2D eigenvalue weighted by Crippen LogP contribution is 2.63. The zero-order valence-electron chi connectivity index (χ0n) is 17.5. The van der Waals surface area contributed by atoms with Crippen molar-refractivity contribution in [3.63, 3.8) is 0 Å². The first-order chi connectivity index (χ1) is 15.0. The van der Waals surface area contributed by atoms with Gasteiger partial charge in [0.2, 0.25) is 11.8 Å². The number of amides is 2. The van der Waals surface area contributed by atoms with Crippen LogP contribution in [0.25, 0.3) is 0 Å². The Balaban J connectivity index is 1.66. The van der Waals surface area contributed by atoms with E-state index in [4.69, 9.17) is 11.6 Å². The second kappa shape index (κ2) is 8.18. The fourth-order valence-electron chi connectivity index (χ4n) is 5.86. The molecule has 1 aromatic rings. The molecule has 32 heavy (non-hydrogen) atoms. The lowest BCUT2D eigenvalue weighted by Gasteiger charge is -2.37. The second-order valence-electron chi connectivity index (χ2n) is 9.52. The molecule has 4 rings (SSSR count). The van der Waals surface area contributed by atoms with Crippen LogP contribution in [0.1, 0.15) is 57.1 Å². The van der Waals surface area contributed by atoms with Gasteiger partial charge in [-0.1, -0.05) is 11.6 Å². The molecule has 4 N–H and O–H groups in total. The minimum absolute atomic E-state index is 0.0545. The first kappa shape index (κ1) is 23.3. The molecule has 5 atom stereocenters. The summed E-state index contributed by atoms with van der Waals surface area (Å²) in [7, 11) is 0. The molecule has 0 radical (unpaired) electrons. The molecule has 3 fully saturated rings. The normalized spacial score (nSPS) is 36.8. The van der Waals surface area contributed by atoms with Crippen molar-refractivity contribution in [3.8, 4) is 0 Å². The van der Waals surface area contributed by atoms with Gasteiger partial charge < -0.3 is 20.8 Å². The third-order valence-corrected chi connectivity index (χ3v) is 7.78. The molecular weight excluding hydrogens is 449 g/mol. The van der Waals surface area contributed by atoms with Crippen LogP contribution in [0, 0.1) is 23.0 Å². The summed E-state index contributed by atoms with van der Waals surface area (Å²) in [4.78, 5) is 24.5. The van der Waals surface area contributed by atoms with Crippen molar-refractivity contribution in [2.24, 2.45) is 11.3 Å². The SMILES string of the molecule is CC(=O)N[C@H]1C[C@H](C(=O)N[C@H](c2c(F)ccc(Cl)c2F)C23CCC(F)(CC2)C3)[C@H](O)[C@@H]1O. The monoisotopic (exact) mass is 474 g/mol. The van der Waals surface area contributed by atoms with E-state index in [9.17, 15) is 33.0 Å². The van der Waals surface area contributed by atoms with Gasteiger partial charge in [0.15, 0.2) is 0 Å². The number of nitrogens with one attached hydrogen (secondary N) is 2. The lowest BCUT2D eigenvalue weighted by molar-refractivity contribution is -0.130. The van der Waals surface area contributed by atoms with Crippen LogP contribution in [0.3, 0.4) is 0 Å². The summed E-state index contributed by atoms with van der Waals surface area (Å²) in [6, 6.07) is 0.0396. The van der Waals surface area contributed by atoms with Crippen molar-refractivity contribution in [3.05, 3.63) is 34.4 Å². The minimum Gasteiger partial charge on any atom is -0.390 e. The number of aliphatic hydroxyl groups excluding tert-OH is 2. The fraction of sp³-hybridized carbons (Fsp3) is 0.636. The number of fused-ring (bicyclic) bond motifs is 2. The zero-order valence-corrected chi connectivity index (χ0v) is 18.3. The van der Waals surface area contributed by atoms with E-state index < -0.39 is 70.3 Å². The van der Waals surface area contributed by atoms with Crippen molar-refractivity contribution in [1.29, 1.82) is 0 Å². The van der Waals surface area contributed by atoms with Crippen LogP contribution in [0.4, 0.5) is 13.2 Å². The number of carbonyl (C=O) groups excluding carboxylic acids is 2. The van der Waals surface area contributed by atoms with Crippen molar-refractivity contribution < 1.29 is 33.0 Å². The standard InChI is InChI=1S/C22H26ClF3N2O4/c1-10(29)27-14-8-11(17(30)18(14)31)20(32)28-19(15-13(24)3-2-12(23)16(15)25)21-4-6-22(26,9-21)7-5-21/h2-3,11,14,17-19,30-31H,4-9H2,1H3,(H,27,29)(H,28,32)/t11-,14-,17-,18+,19+,21?,22?/m0/s1. The fourth-order valence-corrected chi connectivity index (χ4v) is 6.02. The van der Waals surface area contributed by atoms with Crippen LogP contribution in [0.2, 0.25) is 5.02 Å². The van der Waals surface area contributed by atoms with Crippen molar-refractivity contribution in [2.75, 3.05) is 0 Å². The van der Waals surface area contributed by atoms with E-state index in [1.54, 1.807) is 0 Å². The van der Waals surface area contributed by atoms with Gasteiger partial charge >= 0.3 is 0 Å². The third kappa shape index (κ3) is 3.88. The van der Waals surface area contributed by atoms with Crippen molar-refractivity contribution in [2.45, 2.75) is 75.4 Å². The Morgan fingerprint density at radius 1 is 1.16 bits per heavy atom. The van der Waals surface area contributed by atoms with Gasteiger partial charge in [0.25, 0.3) is 0 Å². The zero-order chi connectivity index (χ0) is 23.4. The Labute approximate surface area is 188 Å². The molecule has 3 saturated carbocycles. The summed E-state index contributed by atoms with van der Waals surface area (Å²) in [6.45, 7) is 1.25. The van der Waals surface area contributed by atoms with E-state index in [2.05, 4.69) is 10.6 Å². The maximum absolute atomic E-state index is 15.0. The topological polar surface area (TPSA) is 98.7 Å². The molecule has 0 aliphatic heterocycles.